The molecule has 0 aliphatic rings. The molecule has 2 amide bonds. The van der Waals surface area contributed by atoms with E-state index in [0.29, 0.717) is 12.1 Å². The molecule has 0 spiro atoms. The molecule has 120 valence electrons. The van der Waals surface area contributed by atoms with Gasteiger partial charge in [0.2, 0.25) is 11.8 Å². The fourth-order valence-electron chi connectivity index (χ4n) is 2.11. The highest BCUT2D eigenvalue weighted by molar-refractivity contribution is 5.89. The van der Waals surface area contributed by atoms with E-state index in [2.05, 4.69) is 10.6 Å². The zero-order chi connectivity index (χ0) is 16.5. The second-order valence-electron chi connectivity index (χ2n) is 5.19. The van der Waals surface area contributed by atoms with E-state index in [9.17, 15) is 14.4 Å². The van der Waals surface area contributed by atoms with Gasteiger partial charge in [0.1, 0.15) is 0 Å². The molecule has 0 saturated carbocycles. The molecule has 0 saturated heterocycles. The maximum Gasteiger partial charge on any atom is 0.308 e. The molecule has 0 radical (unpaired) electrons. The number of carbonyl (C=O) groups excluding carboxylic acids is 2. The van der Waals surface area contributed by atoms with E-state index in [-0.39, 0.29) is 24.8 Å². The summed E-state index contributed by atoms with van der Waals surface area (Å²) in [6.07, 6.45) is 1.44. The molecular formula is C16H22N2O4. The number of aliphatic carboxylic acids is 1. The molecule has 0 fully saturated rings. The Morgan fingerprint density at radius 3 is 2.59 bits per heavy atom. The second-order valence-corrected chi connectivity index (χ2v) is 5.19. The van der Waals surface area contributed by atoms with Gasteiger partial charge in [-0.1, -0.05) is 25.5 Å². The average Bonchev–Trinajstić information content (AvgIpc) is 2.42. The number of rotatable bonds is 8. The summed E-state index contributed by atoms with van der Waals surface area (Å²) in [6, 6.07) is 7.00. The first kappa shape index (κ1) is 17.7. The number of amides is 2. The minimum atomic E-state index is -0.894. The Balaban J connectivity index is 2.54. The lowest BCUT2D eigenvalue weighted by molar-refractivity contribution is -0.142. The standard InChI is InChI=1S/C16H22N2O4/c1-3-5-13(16(21)22)10-17-15(20)9-12-6-4-7-14(8-12)18-11(2)19/h4,6-8,13H,3,5,9-10H2,1-2H3,(H,17,20)(H,18,19)(H,21,22). The van der Waals surface area contributed by atoms with Crippen LogP contribution in [0.15, 0.2) is 24.3 Å². The number of nitrogens with one attached hydrogen (secondary N) is 2. The highest BCUT2D eigenvalue weighted by Gasteiger charge is 2.17. The van der Waals surface area contributed by atoms with Crippen LogP contribution in [0.2, 0.25) is 0 Å². The number of carboxylic acid groups (broad SMARTS) is 1. The topological polar surface area (TPSA) is 95.5 Å². The smallest absolute Gasteiger partial charge is 0.308 e. The SMILES string of the molecule is CCCC(CNC(=O)Cc1cccc(NC(C)=O)c1)C(=O)O. The van der Waals surface area contributed by atoms with E-state index in [0.717, 1.165) is 12.0 Å². The largest absolute Gasteiger partial charge is 0.481 e. The minimum Gasteiger partial charge on any atom is -0.481 e. The van der Waals surface area contributed by atoms with Crippen molar-refractivity contribution in [1.29, 1.82) is 0 Å². The third-order valence-electron chi connectivity index (χ3n) is 3.14. The fraction of sp³-hybridized carbons (Fsp3) is 0.438. The summed E-state index contributed by atoms with van der Waals surface area (Å²) in [5.74, 6) is -1.86. The van der Waals surface area contributed by atoms with Gasteiger partial charge in [-0.3, -0.25) is 14.4 Å². The van der Waals surface area contributed by atoms with E-state index >= 15 is 0 Å². The molecule has 1 rings (SSSR count). The molecule has 1 aromatic rings. The van der Waals surface area contributed by atoms with Gasteiger partial charge in [0.25, 0.3) is 0 Å². The maximum atomic E-state index is 11.9. The van der Waals surface area contributed by atoms with Gasteiger partial charge in [-0.05, 0) is 24.1 Å². The van der Waals surface area contributed by atoms with Gasteiger partial charge < -0.3 is 15.7 Å². The summed E-state index contributed by atoms with van der Waals surface area (Å²) in [4.78, 5) is 33.9. The van der Waals surface area contributed by atoms with Crippen LogP contribution in [-0.2, 0) is 20.8 Å². The van der Waals surface area contributed by atoms with Gasteiger partial charge in [-0.25, -0.2) is 0 Å². The summed E-state index contributed by atoms with van der Waals surface area (Å²) >= 11 is 0. The average molecular weight is 306 g/mol. The predicted octanol–water partition coefficient (Wildman–Crippen LogP) is 1.80. The summed E-state index contributed by atoms with van der Waals surface area (Å²) in [5, 5.41) is 14.3. The normalized spacial score (nSPS) is 11.5. The quantitative estimate of drug-likeness (QED) is 0.682. The molecule has 6 nitrogen and oxygen atoms in total. The molecule has 22 heavy (non-hydrogen) atoms. The molecule has 1 aromatic carbocycles. The Kier molecular flexibility index (Phi) is 7.08. The lowest BCUT2D eigenvalue weighted by Gasteiger charge is -2.12. The summed E-state index contributed by atoms with van der Waals surface area (Å²) < 4.78 is 0. The van der Waals surface area contributed by atoms with Gasteiger partial charge in [0.15, 0.2) is 0 Å². The van der Waals surface area contributed by atoms with Gasteiger partial charge in [0.05, 0.1) is 12.3 Å². The van der Waals surface area contributed by atoms with Crippen LogP contribution in [0.5, 0.6) is 0 Å². The number of carboxylic acids is 1. The third kappa shape index (κ3) is 6.39. The highest BCUT2D eigenvalue weighted by atomic mass is 16.4. The second kappa shape index (κ2) is 8.81. The summed E-state index contributed by atoms with van der Waals surface area (Å²) in [6.45, 7) is 3.46. The molecular weight excluding hydrogens is 284 g/mol. The lowest BCUT2D eigenvalue weighted by atomic mass is 10.0. The molecule has 1 atom stereocenters. The van der Waals surface area contributed by atoms with Crippen molar-refractivity contribution >= 4 is 23.5 Å². The summed E-state index contributed by atoms with van der Waals surface area (Å²) in [7, 11) is 0. The van der Waals surface area contributed by atoms with Crippen LogP contribution < -0.4 is 10.6 Å². The summed E-state index contributed by atoms with van der Waals surface area (Å²) in [5.41, 5.74) is 1.39. The Labute approximate surface area is 129 Å². The molecule has 6 heteroatoms. The zero-order valence-electron chi connectivity index (χ0n) is 12.9. The maximum absolute atomic E-state index is 11.9. The lowest BCUT2D eigenvalue weighted by Crippen LogP contribution is -2.33. The molecule has 1 unspecified atom stereocenters. The van der Waals surface area contributed by atoms with E-state index < -0.39 is 11.9 Å². The van der Waals surface area contributed by atoms with Crippen molar-refractivity contribution in [2.24, 2.45) is 5.92 Å². The van der Waals surface area contributed by atoms with Gasteiger partial charge in [0, 0.05) is 19.2 Å². The zero-order valence-corrected chi connectivity index (χ0v) is 12.9. The number of hydrogen-bond acceptors (Lipinski definition) is 3. The first-order valence-corrected chi connectivity index (χ1v) is 7.28. The highest BCUT2D eigenvalue weighted by Crippen LogP contribution is 2.11. The fourth-order valence-corrected chi connectivity index (χ4v) is 2.11. The van der Waals surface area contributed by atoms with Crippen LogP contribution in [0.3, 0.4) is 0 Å². The van der Waals surface area contributed by atoms with Crippen LogP contribution in [0.1, 0.15) is 32.3 Å². The number of anilines is 1. The van der Waals surface area contributed by atoms with Crippen molar-refractivity contribution in [3.8, 4) is 0 Å². The van der Waals surface area contributed by atoms with Crippen LogP contribution in [0.4, 0.5) is 5.69 Å². The number of carbonyl (C=O) groups is 3. The first-order valence-electron chi connectivity index (χ1n) is 7.28. The molecule has 0 aliphatic carbocycles. The van der Waals surface area contributed by atoms with Crippen molar-refractivity contribution in [2.45, 2.75) is 33.1 Å². The molecule has 0 aliphatic heterocycles. The first-order chi connectivity index (χ1) is 10.4. The monoisotopic (exact) mass is 306 g/mol. The Morgan fingerprint density at radius 2 is 2.00 bits per heavy atom. The van der Waals surface area contributed by atoms with Crippen LogP contribution in [0.25, 0.3) is 0 Å². The molecule has 0 aromatic heterocycles. The van der Waals surface area contributed by atoms with Crippen molar-refractivity contribution in [3.05, 3.63) is 29.8 Å². The number of benzene rings is 1. The van der Waals surface area contributed by atoms with E-state index in [1.54, 1.807) is 24.3 Å². The van der Waals surface area contributed by atoms with Gasteiger partial charge >= 0.3 is 5.97 Å². The minimum absolute atomic E-state index is 0.132. The molecule has 3 N–H and O–H groups in total. The Bertz CT molecular complexity index is 543. The van der Waals surface area contributed by atoms with E-state index in [4.69, 9.17) is 5.11 Å². The molecule has 0 heterocycles. The van der Waals surface area contributed by atoms with Crippen LogP contribution in [0, 0.1) is 5.92 Å². The van der Waals surface area contributed by atoms with Crippen molar-refractivity contribution in [3.63, 3.8) is 0 Å². The van der Waals surface area contributed by atoms with E-state index in [1.165, 1.54) is 6.92 Å². The van der Waals surface area contributed by atoms with Crippen molar-refractivity contribution < 1.29 is 19.5 Å². The predicted molar refractivity (Wildman–Crippen MR) is 83.5 cm³/mol. The third-order valence-corrected chi connectivity index (χ3v) is 3.14. The van der Waals surface area contributed by atoms with Crippen molar-refractivity contribution in [1.82, 2.24) is 5.32 Å². The van der Waals surface area contributed by atoms with E-state index in [1.807, 2.05) is 6.92 Å². The van der Waals surface area contributed by atoms with Crippen LogP contribution in [-0.4, -0.2) is 29.4 Å². The van der Waals surface area contributed by atoms with Crippen molar-refractivity contribution in [2.75, 3.05) is 11.9 Å². The van der Waals surface area contributed by atoms with Gasteiger partial charge in [-0.2, -0.15) is 0 Å². The molecule has 0 bridgehead atoms. The van der Waals surface area contributed by atoms with Gasteiger partial charge in [-0.15, -0.1) is 0 Å². The number of hydrogen-bond donors (Lipinski definition) is 3. The van der Waals surface area contributed by atoms with Crippen LogP contribution >= 0.6 is 0 Å². The Morgan fingerprint density at radius 1 is 1.27 bits per heavy atom. The Hall–Kier alpha value is -2.37.